The smallest absolute Gasteiger partial charge is 0.314 e. The van der Waals surface area contributed by atoms with Gasteiger partial charge in [-0.3, -0.25) is 4.79 Å². The number of fused-ring (bicyclic) bond motifs is 1. The Kier molecular flexibility index (Phi) is 3.41. The van der Waals surface area contributed by atoms with Crippen molar-refractivity contribution in [3.8, 4) is 5.75 Å². The maximum absolute atomic E-state index is 11.9. The summed E-state index contributed by atoms with van der Waals surface area (Å²) in [6, 6.07) is 3.81. The van der Waals surface area contributed by atoms with E-state index in [2.05, 4.69) is 0 Å². The van der Waals surface area contributed by atoms with Gasteiger partial charge in [-0.15, -0.1) is 0 Å². The first-order valence-corrected chi connectivity index (χ1v) is 7.64. The van der Waals surface area contributed by atoms with Crippen LogP contribution >= 0.6 is 11.6 Å². The van der Waals surface area contributed by atoms with Crippen LogP contribution in [0.2, 0.25) is 5.02 Å². The lowest BCUT2D eigenvalue weighted by Crippen LogP contribution is -2.37. The van der Waals surface area contributed by atoms with E-state index in [9.17, 15) is 9.90 Å². The van der Waals surface area contributed by atoms with Crippen LogP contribution in [0.1, 0.15) is 50.2 Å². The molecule has 1 heterocycles. The van der Waals surface area contributed by atoms with Gasteiger partial charge in [0, 0.05) is 6.42 Å². The predicted octanol–water partition coefficient (Wildman–Crippen LogP) is 3.95. The largest absolute Gasteiger partial charge is 0.489 e. The number of rotatable bonds is 2. The fourth-order valence-corrected chi connectivity index (χ4v) is 3.83. The van der Waals surface area contributed by atoms with Gasteiger partial charge in [0.15, 0.2) is 0 Å². The molecule has 1 saturated carbocycles. The van der Waals surface area contributed by atoms with E-state index < -0.39 is 11.4 Å². The SMILES string of the molecule is CC1Cc2cc(C3(C(=O)O)CCCCC3)cc(Cl)c2O1. The highest BCUT2D eigenvalue weighted by molar-refractivity contribution is 6.32. The quantitative estimate of drug-likeness (QED) is 0.898. The van der Waals surface area contributed by atoms with Crippen LogP contribution < -0.4 is 4.74 Å². The van der Waals surface area contributed by atoms with E-state index in [0.29, 0.717) is 17.9 Å². The summed E-state index contributed by atoms with van der Waals surface area (Å²) in [5, 5.41) is 10.3. The summed E-state index contributed by atoms with van der Waals surface area (Å²) in [6.45, 7) is 2.00. The number of halogens is 1. The first kappa shape index (κ1) is 13.7. The van der Waals surface area contributed by atoms with Gasteiger partial charge >= 0.3 is 5.97 Å². The number of benzene rings is 1. The molecule has 1 aliphatic carbocycles. The summed E-state index contributed by atoms with van der Waals surface area (Å²) in [4.78, 5) is 11.9. The molecule has 0 amide bonds. The minimum absolute atomic E-state index is 0.116. The molecule has 2 aliphatic rings. The molecular formula is C16H19ClO3. The Morgan fingerprint density at radius 2 is 2.05 bits per heavy atom. The molecule has 108 valence electrons. The zero-order chi connectivity index (χ0) is 14.3. The molecule has 0 saturated heterocycles. The van der Waals surface area contributed by atoms with Crippen molar-refractivity contribution in [3.63, 3.8) is 0 Å². The summed E-state index contributed by atoms with van der Waals surface area (Å²) in [7, 11) is 0. The van der Waals surface area contributed by atoms with Crippen LogP contribution in [-0.4, -0.2) is 17.2 Å². The minimum atomic E-state index is -0.761. The topological polar surface area (TPSA) is 46.5 Å². The standard InChI is InChI=1S/C16H19ClO3/c1-10-7-11-8-12(9-13(17)14(11)20-10)16(15(18)19)5-3-2-4-6-16/h8-10H,2-7H2,1H3,(H,18,19). The maximum atomic E-state index is 11.9. The molecule has 20 heavy (non-hydrogen) atoms. The van der Waals surface area contributed by atoms with E-state index in [-0.39, 0.29) is 6.10 Å². The lowest BCUT2D eigenvalue weighted by Gasteiger charge is -2.34. The van der Waals surface area contributed by atoms with Gasteiger partial charge in [-0.1, -0.05) is 36.9 Å². The lowest BCUT2D eigenvalue weighted by molar-refractivity contribution is -0.145. The second-order valence-electron chi connectivity index (χ2n) is 6.03. The van der Waals surface area contributed by atoms with Crippen LogP contribution in [0.15, 0.2) is 12.1 Å². The van der Waals surface area contributed by atoms with Crippen molar-refractivity contribution in [2.75, 3.05) is 0 Å². The third kappa shape index (κ3) is 2.08. The lowest BCUT2D eigenvalue weighted by atomic mass is 9.69. The summed E-state index contributed by atoms with van der Waals surface area (Å²) < 4.78 is 5.69. The predicted molar refractivity (Wildman–Crippen MR) is 77.6 cm³/mol. The summed E-state index contributed by atoms with van der Waals surface area (Å²) in [6.07, 6.45) is 5.38. The highest BCUT2D eigenvalue weighted by Crippen LogP contribution is 2.45. The molecule has 1 aromatic carbocycles. The summed E-state index contributed by atoms with van der Waals surface area (Å²) in [5.74, 6) is 0.0134. The first-order valence-electron chi connectivity index (χ1n) is 7.26. The number of carboxylic acids is 1. The molecule has 1 atom stereocenters. The van der Waals surface area contributed by atoms with Crippen LogP contribution in [0.4, 0.5) is 0 Å². The van der Waals surface area contributed by atoms with Gasteiger partial charge in [0.05, 0.1) is 10.4 Å². The molecular weight excluding hydrogens is 276 g/mol. The molecule has 0 aromatic heterocycles. The molecule has 1 aliphatic heterocycles. The van der Waals surface area contributed by atoms with E-state index in [1.807, 2.05) is 13.0 Å². The molecule has 1 aromatic rings. The number of ether oxygens (including phenoxy) is 1. The Hall–Kier alpha value is -1.22. The molecule has 0 bridgehead atoms. The average Bonchev–Trinajstić information content (AvgIpc) is 2.80. The molecule has 4 heteroatoms. The Bertz CT molecular complexity index is 547. The highest BCUT2D eigenvalue weighted by atomic mass is 35.5. The third-order valence-corrected chi connectivity index (χ3v) is 4.90. The fraction of sp³-hybridized carbons (Fsp3) is 0.562. The van der Waals surface area contributed by atoms with E-state index in [1.165, 1.54) is 0 Å². The van der Waals surface area contributed by atoms with Crippen LogP contribution in [0.3, 0.4) is 0 Å². The number of carboxylic acid groups (broad SMARTS) is 1. The Morgan fingerprint density at radius 1 is 1.35 bits per heavy atom. The van der Waals surface area contributed by atoms with E-state index in [0.717, 1.165) is 42.6 Å². The normalized spacial score (nSPS) is 24.0. The molecule has 0 radical (unpaired) electrons. The first-order chi connectivity index (χ1) is 9.53. The van der Waals surface area contributed by atoms with Gasteiger partial charge in [0.2, 0.25) is 0 Å². The molecule has 1 fully saturated rings. The Morgan fingerprint density at radius 3 is 2.70 bits per heavy atom. The van der Waals surface area contributed by atoms with E-state index >= 15 is 0 Å². The van der Waals surface area contributed by atoms with Gasteiger partial charge in [-0.25, -0.2) is 0 Å². The zero-order valence-electron chi connectivity index (χ0n) is 11.6. The zero-order valence-corrected chi connectivity index (χ0v) is 12.4. The van der Waals surface area contributed by atoms with Crippen molar-refractivity contribution >= 4 is 17.6 Å². The van der Waals surface area contributed by atoms with Crippen molar-refractivity contribution in [2.45, 2.75) is 57.0 Å². The maximum Gasteiger partial charge on any atom is 0.314 e. The number of hydrogen-bond acceptors (Lipinski definition) is 2. The van der Waals surface area contributed by atoms with E-state index in [1.54, 1.807) is 6.07 Å². The minimum Gasteiger partial charge on any atom is -0.489 e. The molecule has 1 unspecified atom stereocenters. The van der Waals surface area contributed by atoms with Crippen molar-refractivity contribution in [2.24, 2.45) is 0 Å². The average molecular weight is 295 g/mol. The van der Waals surface area contributed by atoms with Crippen LogP contribution in [-0.2, 0) is 16.6 Å². The van der Waals surface area contributed by atoms with Crippen molar-refractivity contribution < 1.29 is 14.6 Å². The van der Waals surface area contributed by atoms with Crippen molar-refractivity contribution in [1.29, 1.82) is 0 Å². The Balaban J connectivity index is 2.07. The second-order valence-corrected chi connectivity index (χ2v) is 6.43. The van der Waals surface area contributed by atoms with Gasteiger partial charge in [0.1, 0.15) is 11.9 Å². The summed E-state index contributed by atoms with van der Waals surface area (Å²) >= 11 is 6.31. The Labute approximate surface area is 123 Å². The van der Waals surface area contributed by atoms with E-state index in [4.69, 9.17) is 16.3 Å². The summed E-state index contributed by atoms with van der Waals surface area (Å²) in [5.41, 5.74) is 1.14. The molecule has 0 spiro atoms. The number of hydrogen-bond donors (Lipinski definition) is 1. The van der Waals surface area contributed by atoms with Crippen molar-refractivity contribution in [3.05, 3.63) is 28.3 Å². The van der Waals surface area contributed by atoms with Gasteiger partial charge in [0.25, 0.3) is 0 Å². The van der Waals surface area contributed by atoms with Crippen LogP contribution in [0.25, 0.3) is 0 Å². The molecule has 3 rings (SSSR count). The second kappa shape index (κ2) is 4.96. The van der Waals surface area contributed by atoms with Crippen LogP contribution in [0.5, 0.6) is 5.75 Å². The number of aliphatic carboxylic acids is 1. The number of carbonyl (C=O) groups is 1. The van der Waals surface area contributed by atoms with Crippen molar-refractivity contribution in [1.82, 2.24) is 0 Å². The fourth-order valence-electron chi connectivity index (χ4n) is 3.54. The van der Waals surface area contributed by atoms with Gasteiger partial charge in [-0.05, 0) is 37.0 Å². The monoisotopic (exact) mass is 294 g/mol. The van der Waals surface area contributed by atoms with Gasteiger partial charge in [-0.2, -0.15) is 0 Å². The van der Waals surface area contributed by atoms with Gasteiger partial charge < -0.3 is 9.84 Å². The highest BCUT2D eigenvalue weighted by Gasteiger charge is 2.42. The molecule has 1 N–H and O–H groups in total. The van der Waals surface area contributed by atoms with Crippen LogP contribution in [0, 0.1) is 0 Å². The molecule has 3 nitrogen and oxygen atoms in total. The third-order valence-electron chi connectivity index (χ3n) is 4.62.